The number of carbonyl (C=O) groups is 2. The maximum absolute atomic E-state index is 11.9. The Balaban J connectivity index is -0.0000000519. The van der Waals surface area contributed by atoms with Gasteiger partial charge in [0.25, 0.3) is 0 Å². The summed E-state index contributed by atoms with van der Waals surface area (Å²) in [5.74, 6) is 26.9. The Labute approximate surface area is 281 Å². The first-order valence-electron chi connectivity index (χ1n) is 10.2. The van der Waals surface area contributed by atoms with Gasteiger partial charge in [-0.05, 0) is 72.5 Å². The van der Waals surface area contributed by atoms with Crippen LogP contribution in [0.15, 0.2) is 0 Å². The van der Waals surface area contributed by atoms with Gasteiger partial charge < -0.3 is 34.5 Å². The Morgan fingerprint density at radius 1 is 0.838 bits per heavy atom. The Morgan fingerprint density at radius 3 is 1.86 bits per heavy atom. The number of rotatable bonds is 12. The molecule has 0 heterocycles. The molecule has 0 spiro atoms. The van der Waals surface area contributed by atoms with Crippen molar-refractivity contribution in [1.29, 1.82) is 0 Å². The molecule has 9 nitrogen and oxygen atoms in total. The minimum Gasteiger partial charge on any atom is -0.790 e. The standard InChI is InChI=1S/C25H25O8P.H3N.2Na.12H2/c1-3-5-7-9-10-11-12-13-14-16-17-19-24(26)31-21-23(22-32-34(28,29)30)33-25(27)20-18-15-8-6-4-2;;;;;;;;;;;;;;;/h23H,4,6,8,15,18,20-22H2,1-2H3,(H2,28,29,30);1H3;;;12*1H/q;;2*+1;;;;;;;;;;;;/p-2/t23-;;;;;;;;;;;;;;;/m0.............../s1. The van der Waals surface area contributed by atoms with E-state index in [0.29, 0.717) is 6.42 Å². The van der Waals surface area contributed by atoms with Crippen LogP contribution < -0.4 is 75.1 Å². The minimum absolute atomic E-state index is 0. The van der Waals surface area contributed by atoms with Gasteiger partial charge in [-0.1, -0.05) is 38.5 Å². The number of ether oxygens (including phenoxy) is 2. The second-order valence-electron chi connectivity index (χ2n) is 6.24. The van der Waals surface area contributed by atoms with Gasteiger partial charge in [0, 0.05) is 29.5 Å². The number of phosphoric ester groups is 1. The van der Waals surface area contributed by atoms with E-state index in [4.69, 9.17) is 9.47 Å². The van der Waals surface area contributed by atoms with Crippen LogP contribution in [0.4, 0.5) is 0 Å². The molecule has 0 rings (SSSR count). The van der Waals surface area contributed by atoms with Gasteiger partial charge in [-0.15, -0.1) is 0 Å². The van der Waals surface area contributed by atoms with Gasteiger partial charge >= 0.3 is 71.1 Å². The summed E-state index contributed by atoms with van der Waals surface area (Å²) in [5.41, 5.74) is 0. The van der Waals surface area contributed by atoms with Crippen LogP contribution in [-0.4, -0.2) is 31.3 Å². The fourth-order valence-electron chi connectivity index (χ4n) is 2.01. The molecule has 210 valence electrons. The van der Waals surface area contributed by atoms with Crippen molar-refractivity contribution in [2.75, 3.05) is 13.2 Å². The molecule has 0 amide bonds. The molecule has 0 aliphatic heterocycles. The molecule has 0 aromatic carbocycles. The zero-order valence-electron chi connectivity index (χ0n) is 21.7. The molecule has 0 fully saturated rings. The van der Waals surface area contributed by atoms with E-state index in [9.17, 15) is 23.9 Å². The van der Waals surface area contributed by atoms with E-state index in [-0.39, 0.29) is 88.8 Å². The number of unbranched alkanes of at least 4 members (excludes halogenated alkanes) is 4. The monoisotopic (exact) mass is 569 g/mol. The molecule has 0 saturated carbocycles. The maximum Gasteiger partial charge on any atom is 1.00 e. The Morgan fingerprint density at radius 2 is 1.35 bits per heavy atom. The number of hydrogen-bond donors (Lipinski definition) is 1. The first-order chi connectivity index (χ1) is 16.3. The van der Waals surface area contributed by atoms with Crippen molar-refractivity contribution in [2.24, 2.45) is 0 Å². The Bertz CT molecular complexity index is 1150. The van der Waals surface area contributed by atoms with Gasteiger partial charge in [-0.3, -0.25) is 4.79 Å². The van der Waals surface area contributed by atoms with Crippen LogP contribution in [0.3, 0.4) is 0 Å². The second-order valence-corrected chi connectivity index (χ2v) is 7.40. The van der Waals surface area contributed by atoms with Crippen molar-refractivity contribution >= 4 is 19.8 Å². The van der Waals surface area contributed by atoms with Crippen molar-refractivity contribution in [3.8, 4) is 71.0 Å². The van der Waals surface area contributed by atoms with E-state index < -0.39 is 39.1 Å². The summed E-state index contributed by atoms with van der Waals surface area (Å²) >= 11 is 0. The van der Waals surface area contributed by atoms with Crippen LogP contribution >= 0.6 is 7.82 Å². The summed E-state index contributed by atoms with van der Waals surface area (Å²) < 4.78 is 24.7. The molecule has 0 unspecified atom stereocenters. The predicted octanol–water partition coefficient (Wildman–Crippen LogP) is -2.19. The molecule has 0 aliphatic carbocycles. The number of esters is 2. The molecule has 1 atom stereocenters. The van der Waals surface area contributed by atoms with E-state index in [1.165, 1.54) is 0 Å². The third-order valence-electron chi connectivity index (χ3n) is 3.45. The summed E-state index contributed by atoms with van der Waals surface area (Å²) in [7, 11) is -5.30. The topological polar surface area (TPSA) is 160 Å². The van der Waals surface area contributed by atoms with E-state index >= 15 is 0 Å². The van der Waals surface area contributed by atoms with Crippen molar-refractivity contribution in [2.45, 2.75) is 58.5 Å². The fraction of sp³-hybridized carbons (Fsp3) is 0.440. The third kappa shape index (κ3) is 32.3. The smallest absolute Gasteiger partial charge is 0.790 e. The van der Waals surface area contributed by atoms with Crippen LogP contribution in [0, 0.1) is 71.0 Å². The molecule has 0 aromatic heterocycles. The van der Waals surface area contributed by atoms with Gasteiger partial charge in [0.2, 0.25) is 0 Å². The molecule has 0 radical (unpaired) electrons. The van der Waals surface area contributed by atoms with E-state index in [2.05, 4.69) is 82.5 Å². The molecule has 0 saturated heterocycles. The summed E-state index contributed by atoms with van der Waals surface area (Å²) in [4.78, 5) is 45.0. The van der Waals surface area contributed by atoms with Crippen LogP contribution in [0.1, 0.15) is 69.5 Å². The molecular weight excluding hydrogens is 519 g/mol. The SMILES string of the molecule is CC#CC#CC#CC#CC#CC#CC(=O)OC[C@@H](COP(=O)([O-])[O-])OC(=O)CCCCCCC.N.[HH].[HH].[HH].[HH].[HH].[HH].[HH].[HH].[HH].[HH].[HH].[HH].[Na+].[Na+]. The van der Waals surface area contributed by atoms with Gasteiger partial charge in [-0.2, -0.15) is 0 Å². The normalized spacial score (nSPS) is 8.86. The zero-order chi connectivity index (χ0) is 25.5. The van der Waals surface area contributed by atoms with Crippen LogP contribution in [0.2, 0.25) is 0 Å². The quantitative estimate of drug-likeness (QED) is 0.0688. The van der Waals surface area contributed by atoms with Crippen LogP contribution in [-0.2, 0) is 28.2 Å². The molecule has 3 N–H and O–H groups in total. The van der Waals surface area contributed by atoms with Crippen molar-refractivity contribution < 1.29 is 114 Å². The maximum atomic E-state index is 11.9. The molecule has 0 aromatic rings. The van der Waals surface area contributed by atoms with Gasteiger partial charge in [0.15, 0.2) is 6.10 Å². The van der Waals surface area contributed by atoms with Gasteiger partial charge in [0.1, 0.15) is 6.61 Å². The molecule has 12 heteroatoms. The van der Waals surface area contributed by atoms with Gasteiger partial charge in [-0.25, -0.2) is 4.79 Å². The summed E-state index contributed by atoms with van der Waals surface area (Å²) in [6.07, 6.45) is 3.33. The predicted molar refractivity (Wildman–Crippen MR) is 150 cm³/mol. The fourth-order valence-corrected chi connectivity index (χ4v) is 2.36. The molecule has 0 bridgehead atoms. The first kappa shape index (κ1) is 42.5. The third-order valence-corrected chi connectivity index (χ3v) is 3.92. The van der Waals surface area contributed by atoms with Gasteiger partial charge in [0.05, 0.1) is 14.4 Å². The number of carbonyl (C=O) groups excluding carboxylic acids is 2. The second kappa shape index (κ2) is 28.9. The van der Waals surface area contributed by atoms with Crippen LogP contribution in [0.25, 0.3) is 0 Å². The first-order valence-corrected chi connectivity index (χ1v) is 11.7. The summed E-state index contributed by atoms with van der Waals surface area (Å²) in [5, 5.41) is 0. The van der Waals surface area contributed by atoms with Crippen molar-refractivity contribution in [3.05, 3.63) is 0 Å². The van der Waals surface area contributed by atoms with E-state index in [1.807, 2.05) is 0 Å². The Hall–Kier alpha value is -1.63. The molecule has 37 heavy (non-hydrogen) atoms. The van der Waals surface area contributed by atoms with E-state index in [0.717, 1.165) is 25.7 Å². The summed E-state index contributed by atoms with van der Waals surface area (Å²) in [6.45, 7) is 2.38. The molecule has 0 aliphatic rings. The minimum atomic E-state index is -5.30. The molecular formula is C25H50NNa2O8P. The van der Waals surface area contributed by atoms with E-state index in [1.54, 1.807) is 6.92 Å². The number of hydrogen-bond acceptors (Lipinski definition) is 9. The average molecular weight is 570 g/mol. The number of phosphoric acid groups is 1. The van der Waals surface area contributed by atoms with Crippen molar-refractivity contribution in [3.63, 3.8) is 0 Å². The summed E-state index contributed by atoms with van der Waals surface area (Å²) in [6, 6.07) is 0. The zero-order valence-corrected chi connectivity index (χ0v) is 26.5. The van der Waals surface area contributed by atoms with Crippen LogP contribution in [0.5, 0.6) is 0 Å². The largest absolute Gasteiger partial charge is 1.00 e. The van der Waals surface area contributed by atoms with Crippen molar-refractivity contribution in [1.82, 2.24) is 6.15 Å². The average Bonchev–Trinajstić information content (AvgIpc) is 2.78. The Kier molecular flexibility index (Phi) is 33.2.